The predicted octanol–water partition coefficient (Wildman–Crippen LogP) is 4.99. The first-order chi connectivity index (χ1) is 8.85. The number of carbonyl (C=O) groups is 1. The minimum atomic E-state index is 0.344. The molecule has 2 aliphatic rings. The van der Waals surface area contributed by atoms with E-state index in [1.807, 2.05) is 0 Å². The number of hydrogen-bond donors (Lipinski definition) is 0. The third kappa shape index (κ3) is 3.72. The van der Waals surface area contributed by atoms with Gasteiger partial charge in [0.2, 0.25) is 0 Å². The lowest BCUT2D eigenvalue weighted by atomic mass is 9.81. The van der Waals surface area contributed by atoms with Gasteiger partial charge in [-0.2, -0.15) is 0 Å². The Balaban J connectivity index is 2.00. The van der Waals surface area contributed by atoms with Crippen LogP contribution in [0.1, 0.15) is 59.8 Å². The van der Waals surface area contributed by atoms with Gasteiger partial charge in [0.25, 0.3) is 0 Å². The molecule has 0 amide bonds. The van der Waals surface area contributed by atoms with Gasteiger partial charge in [-0.15, -0.1) is 23.5 Å². The van der Waals surface area contributed by atoms with Crippen molar-refractivity contribution in [2.75, 3.05) is 5.75 Å². The standard InChI is InChI=1S/C16H28OS2/c1-15(2,3)14-9-10-18-16(4,19-14)13-7-5-12(11-17)6-8-13/h11-14H,5-10H2,1-4H3. The van der Waals surface area contributed by atoms with E-state index in [-0.39, 0.29) is 0 Å². The highest BCUT2D eigenvalue weighted by Crippen LogP contribution is 2.56. The molecule has 1 aliphatic heterocycles. The summed E-state index contributed by atoms with van der Waals surface area (Å²) in [7, 11) is 0. The Kier molecular flexibility index (Phi) is 4.98. The number of thioether (sulfide) groups is 2. The molecule has 2 fully saturated rings. The molecule has 0 aromatic carbocycles. The molecule has 2 rings (SSSR count). The number of hydrogen-bond acceptors (Lipinski definition) is 3. The van der Waals surface area contributed by atoms with Gasteiger partial charge < -0.3 is 4.79 Å². The SMILES string of the molecule is CC(C)(C)C1CCSC(C)(C2CCC(C=O)CC2)S1. The van der Waals surface area contributed by atoms with E-state index in [1.54, 1.807) is 0 Å². The lowest BCUT2D eigenvalue weighted by Gasteiger charge is -2.48. The van der Waals surface area contributed by atoms with Gasteiger partial charge >= 0.3 is 0 Å². The Morgan fingerprint density at radius 2 is 1.74 bits per heavy atom. The minimum absolute atomic E-state index is 0.344. The third-order valence-corrected chi connectivity index (χ3v) is 8.83. The van der Waals surface area contributed by atoms with E-state index in [4.69, 9.17) is 0 Å². The molecule has 3 heteroatoms. The molecule has 1 nitrogen and oxygen atoms in total. The summed E-state index contributed by atoms with van der Waals surface area (Å²) in [5.41, 5.74) is 0.410. The summed E-state index contributed by atoms with van der Waals surface area (Å²) >= 11 is 4.41. The van der Waals surface area contributed by atoms with Gasteiger partial charge in [-0.3, -0.25) is 0 Å². The lowest BCUT2D eigenvalue weighted by molar-refractivity contribution is -0.112. The minimum Gasteiger partial charge on any atom is -0.303 e. The Hall–Kier alpha value is 0.370. The van der Waals surface area contributed by atoms with Crippen molar-refractivity contribution in [3.8, 4) is 0 Å². The molecule has 0 aromatic heterocycles. The van der Waals surface area contributed by atoms with Gasteiger partial charge in [-0.25, -0.2) is 0 Å². The first kappa shape index (κ1) is 15.8. The molecule has 1 saturated carbocycles. The van der Waals surface area contributed by atoms with E-state index in [0.717, 1.165) is 24.0 Å². The lowest BCUT2D eigenvalue weighted by Crippen LogP contribution is -2.40. The number of aldehydes is 1. The van der Waals surface area contributed by atoms with E-state index < -0.39 is 0 Å². The summed E-state index contributed by atoms with van der Waals surface area (Å²) in [4.78, 5) is 10.9. The highest BCUT2D eigenvalue weighted by atomic mass is 32.2. The van der Waals surface area contributed by atoms with Gasteiger partial charge in [0.15, 0.2) is 0 Å². The second-order valence-corrected chi connectivity index (χ2v) is 10.8. The fourth-order valence-corrected chi connectivity index (χ4v) is 7.18. The van der Waals surface area contributed by atoms with Crippen molar-refractivity contribution in [1.82, 2.24) is 0 Å². The zero-order valence-electron chi connectivity index (χ0n) is 12.8. The monoisotopic (exact) mass is 300 g/mol. The molecule has 1 aliphatic carbocycles. The van der Waals surface area contributed by atoms with E-state index in [9.17, 15) is 4.79 Å². The highest BCUT2D eigenvalue weighted by molar-refractivity contribution is 8.19. The smallest absolute Gasteiger partial charge is 0.123 e. The van der Waals surface area contributed by atoms with Crippen LogP contribution in [0.15, 0.2) is 0 Å². The zero-order chi connectivity index (χ0) is 14.1. The average molecular weight is 301 g/mol. The molecule has 0 bridgehead atoms. The van der Waals surface area contributed by atoms with Crippen LogP contribution in [0.5, 0.6) is 0 Å². The molecular weight excluding hydrogens is 272 g/mol. The quantitative estimate of drug-likeness (QED) is 0.669. The third-order valence-electron chi connectivity index (χ3n) is 4.82. The largest absolute Gasteiger partial charge is 0.303 e. The van der Waals surface area contributed by atoms with E-state index in [1.165, 1.54) is 31.3 Å². The van der Waals surface area contributed by atoms with Crippen molar-refractivity contribution >= 4 is 29.8 Å². The van der Waals surface area contributed by atoms with Crippen molar-refractivity contribution in [3.63, 3.8) is 0 Å². The molecule has 110 valence electrons. The van der Waals surface area contributed by atoms with Gasteiger partial charge in [0.05, 0.1) is 4.08 Å². The molecule has 2 atom stereocenters. The van der Waals surface area contributed by atoms with Crippen LogP contribution >= 0.6 is 23.5 Å². The van der Waals surface area contributed by atoms with E-state index >= 15 is 0 Å². The van der Waals surface area contributed by atoms with Gasteiger partial charge in [0.1, 0.15) is 6.29 Å². The van der Waals surface area contributed by atoms with Crippen LogP contribution < -0.4 is 0 Å². The topological polar surface area (TPSA) is 17.1 Å². The summed E-state index contributed by atoms with van der Waals surface area (Å²) in [6.45, 7) is 9.60. The molecule has 19 heavy (non-hydrogen) atoms. The Morgan fingerprint density at radius 1 is 1.11 bits per heavy atom. The van der Waals surface area contributed by atoms with Gasteiger partial charge in [-0.05, 0) is 56.1 Å². The first-order valence-corrected chi connectivity index (χ1v) is 9.49. The van der Waals surface area contributed by atoms with Crippen LogP contribution in [-0.2, 0) is 4.79 Å². The van der Waals surface area contributed by atoms with Gasteiger partial charge in [0, 0.05) is 11.2 Å². The second-order valence-electron chi connectivity index (χ2n) is 7.37. The molecule has 2 unspecified atom stereocenters. The predicted molar refractivity (Wildman–Crippen MR) is 87.8 cm³/mol. The summed E-state index contributed by atoms with van der Waals surface area (Å²) in [6.07, 6.45) is 7.25. The van der Waals surface area contributed by atoms with Crippen LogP contribution in [0.2, 0.25) is 0 Å². The van der Waals surface area contributed by atoms with E-state index in [2.05, 4.69) is 51.2 Å². The second kappa shape index (κ2) is 6.01. The summed E-state index contributed by atoms with van der Waals surface area (Å²) in [5, 5.41) is 0.780. The summed E-state index contributed by atoms with van der Waals surface area (Å²) < 4.78 is 0.379. The molecule has 1 saturated heterocycles. The van der Waals surface area contributed by atoms with Crippen LogP contribution in [0.3, 0.4) is 0 Å². The van der Waals surface area contributed by atoms with Crippen LogP contribution in [0, 0.1) is 17.3 Å². The zero-order valence-corrected chi connectivity index (χ0v) is 14.4. The molecule has 0 radical (unpaired) electrons. The summed E-state index contributed by atoms with van der Waals surface area (Å²) in [5.74, 6) is 2.44. The maximum atomic E-state index is 10.9. The van der Waals surface area contributed by atoms with Crippen molar-refractivity contribution in [1.29, 1.82) is 0 Å². The summed E-state index contributed by atoms with van der Waals surface area (Å²) in [6, 6.07) is 0. The van der Waals surface area contributed by atoms with Crippen molar-refractivity contribution in [3.05, 3.63) is 0 Å². The fraction of sp³-hybridized carbons (Fsp3) is 0.938. The first-order valence-electron chi connectivity index (χ1n) is 7.62. The van der Waals surface area contributed by atoms with Crippen molar-refractivity contribution in [2.24, 2.45) is 17.3 Å². The van der Waals surface area contributed by atoms with Crippen molar-refractivity contribution in [2.45, 2.75) is 69.1 Å². The normalized spacial score (nSPS) is 40.9. The Morgan fingerprint density at radius 3 is 2.26 bits per heavy atom. The van der Waals surface area contributed by atoms with E-state index in [0.29, 0.717) is 15.4 Å². The van der Waals surface area contributed by atoms with Crippen molar-refractivity contribution < 1.29 is 4.79 Å². The molecule has 0 N–H and O–H groups in total. The number of rotatable bonds is 2. The molecule has 1 heterocycles. The Labute approximate surface area is 127 Å². The molecular formula is C16H28OS2. The van der Waals surface area contributed by atoms with Crippen LogP contribution in [-0.4, -0.2) is 21.4 Å². The average Bonchev–Trinajstić information content (AvgIpc) is 2.38. The maximum absolute atomic E-state index is 10.9. The molecule has 0 spiro atoms. The van der Waals surface area contributed by atoms with Gasteiger partial charge in [-0.1, -0.05) is 20.8 Å². The maximum Gasteiger partial charge on any atom is 0.123 e. The highest BCUT2D eigenvalue weighted by Gasteiger charge is 2.44. The van der Waals surface area contributed by atoms with Crippen LogP contribution in [0.25, 0.3) is 0 Å². The molecule has 0 aromatic rings. The van der Waals surface area contributed by atoms with Crippen LogP contribution in [0.4, 0.5) is 0 Å². The Bertz CT molecular complexity index is 315. The fourth-order valence-electron chi connectivity index (χ4n) is 3.35. The number of carbonyl (C=O) groups excluding carboxylic acids is 1.